The Balaban J connectivity index is 1.62. The summed E-state index contributed by atoms with van der Waals surface area (Å²) in [6.07, 6.45) is 5.48. The van der Waals surface area contributed by atoms with E-state index in [1.807, 2.05) is 10.7 Å². The zero-order valence-corrected chi connectivity index (χ0v) is 11.2. The van der Waals surface area contributed by atoms with Gasteiger partial charge in [0.2, 0.25) is 0 Å². The van der Waals surface area contributed by atoms with Crippen molar-refractivity contribution in [2.75, 3.05) is 0 Å². The second-order valence-corrected chi connectivity index (χ2v) is 6.22. The summed E-state index contributed by atoms with van der Waals surface area (Å²) in [5.74, 6) is 1.59. The maximum absolute atomic E-state index is 11.0. The highest BCUT2D eigenvalue weighted by Crippen LogP contribution is 2.48. The molecule has 2 aliphatic carbocycles. The normalized spacial score (nSPS) is 28.3. The fourth-order valence-corrected chi connectivity index (χ4v) is 4.06. The van der Waals surface area contributed by atoms with Gasteiger partial charge < -0.3 is 5.11 Å². The number of benzene rings is 1. The Bertz CT molecular complexity index is 679. The molecule has 2 aromatic rings. The molecule has 1 aromatic carbocycles. The average molecular weight is 271 g/mol. The van der Waals surface area contributed by atoms with Crippen molar-refractivity contribution >= 4 is 17.0 Å². The first kappa shape index (κ1) is 11.9. The number of aromatic nitrogens is 3. The Labute approximate surface area is 116 Å². The van der Waals surface area contributed by atoms with E-state index in [-0.39, 0.29) is 5.56 Å². The second-order valence-electron chi connectivity index (χ2n) is 6.22. The summed E-state index contributed by atoms with van der Waals surface area (Å²) in [5, 5.41) is 17.3. The van der Waals surface area contributed by atoms with Gasteiger partial charge in [0.1, 0.15) is 5.52 Å². The molecule has 3 atom stereocenters. The molecule has 0 amide bonds. The van der Waals surface area contributed by atoms with Crippen LogP contribution in [0.2, 0.25) is 0 Å². The van der Waals surface area contributed by atoms with Gasteiger partial charge in [-0.3, -0.25) is 0 Å². The van der Waals surface area contributed by atoms with Gasteiger partial charge in [-0.2, -0.15) is 0 Å². The fraction of sp³-hybridized carbons (Fsp3) is 0.533. The first-order valence-corrected chi connectivity index (χ1v) is 7.27. The van der Waals surface area contributed by atoms with E-state index < -0.39 is 5.97 Å². The molecule has 5 heteroatoms. The van der Waals surface area contributed by atoms with Gasteiger partial charge in [-0.25, -0.2) is 9.48 Å². The molecule has 0 aliphatic heterocycles. The fourth-order valence-electron chi connectivity index (χ4n) is 4.06. The van der Waals surface area contributed by atoms with Crippen LogP contribution in [0.15, 0.2) is 18.2 Å². The minimum absolute atomic E-state index is 0.268. The highest BCUT2D eigenvalue weighted by molar-refractivity contribution is 5.92. The third-order valence-corrected chi connectivity index (χ3v) is 5.05. The van der Waals surface area contributed by atoms with E-state index in [1.54, 1.807) is 12.1 Å². The zero-order chi connectivity index (χ0) is 13.7. The largest absolute Gasteiger partial charge is 0.478 e. The van der Waals surface area contributed by atoms with Gasteiger partial charge in [-0.05, 0) is 55.2 Å². The molecule has 2 bridgehead atoms. The summed E-state index contributed by atoms with van der Waals surface area (Å²) in [6.45, 7) is 0.921. The standard InChI is InChI=1S/C15H17N3O2/c19-15(20)11-3-4-14-13(7-11)16-17-18(14)8-12-6-9-1-2-10(12)5-9/h3-4,7,9-10,12H,1-2,5-6,8H2,(H,19,20). The zero-order valence-electron chi connectivity index (χ0n) is 11.2. The Kier molecular flexibility index (Phi) is 2.55. The maximum Gasteiger partial charge on any atom is 0.335 e. The van der Waals surface area contributed by atoms with E-state index in [0.717, 1.165) is 29.8 Å². The second kappa shape index (κ2) is 4.30. The first-order chi connectivity index (χ1) is 9.70. The highest BCUT2D eigenvalue weighted by Gasteiger charge is 2.39. The molecule has 0 saturated heterocycles. The van der Waals surface area contributed by atoms with Crippen molar-refractivity contribution < 1.29 is 9.90 Å². The maximum atomic E-state index is 11.0. The first-order valence-electron chi connectivity index (χ1n) is 7.27. The average Bonchev–Trinajstić information content (AvgIpc) is 3.14. The minimum atomic E-state index is -0.922. The van der Waals surface area contributed by atoms with Crippen LogP contribution >= 0.6 is 0 Å². The molecule has 3 unspecified atom stereocenters. The summed E-state index contributed by atoms with van der Waals surface area (Å²) >= 11 is 0. The molecule has 20 heavy (non-hydrogen) atoms. The molecule has 1 N–H and O–H groups in total. The molecule has 0 spiro atoms. The summed E-state index contributed by atoms with van der Waals surface area (Å²) in [7, 11) is 0. The predicted octanol–water partition coefficient (Wildman–Crippen LogP) is 2.57. The van der Waals surface area contributed by atoms with Gasteiger partial charge in [0.15, 0.2) is 0 Å². The van der Waals surface area contributed by atoms with Crippen molar-refractivity contribution in [3.8, 4) is 0 Å². The van der Waals surface area contributed by atoms with Crippen LogP contribution < -0.4 is 0 Å². The number of hydrogen-bond donors (Lipinski definition) is 1. The van der Waals surface area contributed by atoms with E-state index in [2.05, 4.69) is 10.3 Å². The van der Waals surface area contributed by atoms with Gasteiger partial charge in [0, 0.05) is 6.54 Å². The monoisotopic (exact) mass is 271 g/mol. The summed E-state index contributed by atoms with van der Waals surface area (Å²) in [6, 6.07) is 5.05. The van der Waals surface area contributed by atoms with Crippen molar-refractivity contribution in [2.45, 2.75) is 32.2 Å². The van der Waals surface area contributed by atoms with Crippen LogP contribution in [0.3, 0.4) is 0 Å². The highest BCUT2D eigenvalue weighted by atomic mass is 16.4. The number of aromatic carboxylic acids is 1. The number of carbonyl (C=O) groups is 1. The van der Waals surface area contributed by atoms with Gasteiger partial charge in [0.05, 0.1) is 11.1 Å². The molecule has 4 rings (SSSR count). The topological polar surface area (TPSA) is 68.0 Å². The lowest BCUT2D eigenvalue weighted by atomic mass is 9.89. The number of nitrogens with zero attached hydrogens (tertiary/aromatic N) is 3. The van der Waals surface area contributed by atoms with Crippen molar-refractivity contribution in [1.82, 2.24) is 15.0 Å². The van der Waals surface area contributed by atoms with Crippen LogP contribution in [0.25, 0.3) is 11.0 Å². The SMILES string of the molecule is O=C(O)c1ccc2c(c1)nnn2CC1CC2CCC1C2. The number of carboxylic acid groups (broad SMARTS) is 1. The van der Waals surface area contributed by atoms with Crippen molar-refractivity contribution in [3.63, 3.8) is 0 Å². The van der Waals surface area contributed by atoms with Gasteiger partial charge in [-0.1, -0.05) is 11.6 Å². The number of hydrogen-bond acceptors (Lipinski definition) is 3. The van der Waals surface area contributed by atoms with Crippen LogP contribution in [0.1, 0.15) is 36.0 Å². The molecule has 104 valence electrons. The molecular weight excluding hydrogens is 254 g/mol. The van der Waals surface area contributed by atoms with Crippen LogP contribution in [-0.2, 0) is 6.54 Å². The lowest BCUT2D eigenvalue weighted by Crippen LogP contribution is -2.18. The molecule has 5 nitrogen and oxygen atoms in total. The molecule has 0 radical (unpaired) electrons. The molecular formula is C15H17N3O2. The molecule has 1 heterocycles. The Morgan fingerprint density at radius 2 is 2.25 bits per heavy atom. The van der Waals surface area contributed by atoms with Crippen LogP contribution in [-0.4, -0.2) is 26.1 Å². The van der Waals surface area contributed by atoms with Crippen molar-refractivity contribution in [3.05, 3.63) is 23.8 Å². The van der Waals surface area contributed by atoms with Crippen LogP contribution in [0.4, 0.5) is 0 Å². The lowest BCUT2D eigenvalue weighted by Gasteiger charge is -2.21. The minimum Gasteiger partial charge on any atom is -0.478 e. The molecule has 2 saturated carbocycles. The Hall–Kier alpha value is -1.91. The summed E-state index contributed by atoms with van der Waals surface area (Å²) in [4.78, 5) is 11.0. The summed E-state index contributed by atoms with van der Waals surface area (Å²) < 4.78 is 1.95. The predicted molar refractivity (Wildman–Crippen MR) is 73.4 cm³/mol. The Morgan fingerprint density at radius 3 is 2.95 bits per heavy atom. The van der Waals surface area contributed by atoms with Crippen LogP contribution in [0, 0.1) is 17.8 Å². The number of rotatable bonds is 3. The van der Waals surface area contributed by atoms with Crippen molar-refractivity contribution in [2.24, 2.45) is 17.8 Å². The van der Waals surface area contributed by atoms with E-state index in [0.29, 0.717) is 5.52 Å². The quantitative estimate of drug-likeness (QED) is 0.931. The van der Waals surface area contributed by atoms with Crippen molar-refractivity contribution in [1.29, 1.82) is 0 Å². The molecule has 2 aliphatic rings. The number of fused-ring (bicyclic) bond motifs is 3. The van der Waals surface area contributed by atoms with Gasteiger partial charge in [-0.15, -0.1) is 5.10 Å². The smallest absolute Gasteiger partial charge is 0.335 e. The third kappa shape index (κ3) is 1.80. The van der Waals surface area contributed by atoms with Gasteiger partial charge in [0.25, 0.3) is 0 Å². The number of carboxylic acids is 1. The van der Waals surface area contributed by atoms with E-state index in [1.165, 1.54) is 25.7 Å². The van der Waals surface area contributed by atoms with Crippen LogP contribution in [0.5, 0.6) is 0 Å². The third-order valence-electron chi connectivity index (χ3n) is 5.05. The van der Waals surface area contributed by atoms with E-state index >= 15 is 0 Å². The Morgan fingerprint density at radius 1 is 1.35 bits per heavy atom. The summed E-state index contributed by atoms with van der Waals surface area (Å²) in [5.41, 5.74) is 1.88. The molecule has 1 aromatic heterocycles. The van der Waals surface area contributed by atoms with E-state index in [9.17, 15) is 4.79 Å². The van der Waals surface area contributed by atoms with E-state index in [4.69, 9.17) is 5.11 Å². The van der Waals surface area contributed by atoms with Gasteiger partial charge >= 0.3 is 5.97 Å². The lowest BCUT2D eigenvalue weighted by molar-refractivity contribution is 0.0697. The molecule has 2 fully saturated rings.